The first kappa shape index (κ1) is 14.3. The molecule has 0 aliphatic carbocycles. The van der Waals surface area contributed by atoms with Gasteiger partial charge in [0.1, 0.15) is 5.65 Å². The summed E-state index contributed by atoms with van der Waals surface area (Å²) < 4.78 is 1.97. The van der Waals surface area contributed by atoms with Crippen molar-refractivity contribution in [1.29, 1.82) is 0 Å². The van der Waals surface area contributed by atoms with Gasteiger partial charge in [0.05, 0.1) is 11.4 Å². The van der Waals surface area contributed by atoms with Gasteiger partial charge in [0.25, 0.3) is 0 Å². The molecule has 0 spiro atoms. The van der Waals surface area contributed by atoms with Crippen LogP contribution >= 0.6 is 0 Å². The molecule has 1 amide bonds. The molecule has 4 nitrogen and oxygen atoms in total. The number of nitrogens with one attached hydrogen (secondary N) is 1. The molecule has 1 N–H and O–H groups in total. The number of carbonyl (C=O) groups is 1. The lowest BCUT2D eigenvalue weighted by atomic mass is 10.1. The van der Waals surface area contributed by atoms with Gasteiger partial charge in [0.2, 0.25) is 5.91 Å². The van der Waals surface area contributed by atoms with Crippen LogP contribution in [0.3, 0.4) is 0 Å². The zero-order valence-electron chi connectivity index (χ0n) is 12.8. The molecule has 0 aliphatic rings. The summed E-state index contributed by atoms with van der Waals surface area (Å²) in [6.45, 7) is 4.07. The Labute approximate surface area is 129 Å². The maximum Gasteiger partial charge on any atom is 0.224 e. The minimum atomic E-state index is 0.0335. The van der Waals surface area contributed by atoms with Crippen LogP contribution in [0.15, 0.2) is 54.9 Å². The maximum atomic E-state index is 12.0. The third kappa shape index (κ3) is 3.01. The predicted molar refractivity (Wildman–Crippen MR) is 88.7 cm³/mol. The van der Waals surface area contributed by atoms with Crippen LogP contribution in [0, 0.1) is 5.92 Å². The number of imidazole rings is 1. The van der Waals surface area contributed by atoms with Crippen LogP contribution in [0.25, 0.3) is 16.9 Å². The molecule has 1 aromatic carbocycles. The van der Waals surface area contributed by atoms with E-state index in [1.54, 1.807) is 0 Å². The molecule has 0 bridgehead atoms. The Morgan fingerprint density at radius 3 is 2.73 bits per heavy atom. The Kier molecular flexibility index (Phi) is 3.92. The summed E-state index contributed by atoms with van der Waals surface area (Å²) in [7, 11) is 0. The highest BCUT2D eigenvalue weighted by molar-refractivity contribution is 5.95. The summed E-state index contributed by atoms with van der Waals surface area (Å²) in [5.74, 6) is 0.369. The average Bonchev–Trinajstić information content (AvgIpc) is 2.90. The van der Waals surface area contributed by atoms with E-state index in [-0.39, 0.29) is 5.91 Å². The Morgan fingerprint density at radius 1 is 1.18 bits per heavy atom. The number of anilines is 1. The minimum absolute atomic E-state index is 0.0335. The van der Waals surface area contributed by atoms with Crippen molar-refractivity contribution in [2.24, 2.45) is 5.92 Å². The third-order valence-corrected chi connectivity index (χ3v) is 3.43. The van der Waals surface area contributed by atoms with Crippen LogP contribution in [-0.2, 0) is 4.79 Å². The molecule has 2 heterocycles. The van der Waals surface area contributed by atoms with Crippen LogP contribution < -0.4 is 5.32 Å². The molecule has 0 unspecified atom stereocenters. The number of amides is 1. The largest absolute Gasteiger partial charge is 0.325 e. The molecule has 3 rings (SSSR count). The number of benzene rings is 1. The number of pyridine rings is 1. The first-order valence-corrected chi connectivity index (χ1v) is 7.46. The molecule has 3 aromatic rings. The first-order chi connectivity index (χ1) is 10.6. The number of hydrogen-bond acceptors (Lipinski definition) is 2. The van der Waals surface area contributed by atoms with Crippen LogP contribution in [0.1, 0.15) is 20.3 Å². The molecule has 0 saturated carbocycles. The van der Waals surface area contributed by atoms with E-state index in [1.807, 2.05) is 73.1 Å². The Hall–Kier alpha value is -2.62. The van der Waals surface area contributed by atoms with E-state index in [1.165, 1.54) is 0 Å². The lowest BCUT2D eigenvalue weighted by molar-refractivity contribution is -0.116. The maximum absolute atomic E-state index is 12.0. The number of hydrogen-bond donors (Lipinski definition) is 1. The SMILES string of the molecule is CC(C)CC(=O)Nc1ccccc1-c1cn2ccccc2n1. The third-order valence-electron chi connectivity index (χ3n) is 3.43. The van der Waals surface area contributed by atoms with Crippen LogP contribution in [0.2, 0.25) is 0 Å². The number of carbonyl (C=O) groups excluding carboxylic acids is 1. The molecular formula is C18H19N3O. The van der Waals surface area contributed by atoms with E-state index in [2.05, 4.69) is 10.3 Å². The summed E-state index contributed by atoms with van der Waals surface area (Å²) in [4.78, 5) is 16.7. The van der Waals surface area contributed by atoms with Crippen molar-refractivity contribution in [1.82, 2.24) is 9.38 Å². The highest BCUT2D eigenvalue weighted by Crippen LogP contribution is 2.27. The molecule has 2 aromatic heterocycles. The van der Waals surface area contributed by atoms with Gasteiger partial charge in [-0.2, -0.15) is 0 Å². The number of rotatable bonds is 4. The smallest absolute Gasteiger partial charge is 0.224 e. The lowest BCUT2D eigenvalue weighted by Gasteiger charge is -2.10. The second-order valence-corrected chi connectivity index (χ2v) is 5.78. The lowest BCUT2D eigenvalue weighted by Crippen LogP contribution is -2.14. The van der Waals surface area contributed by atoms with Gasteiger partial charge in [-0.3, -0.25) is 4.79 Å². The Balaban J connectivity index is 1.95. The summed E-state index contributed by atoms with van der Waals surface area (Å²) in [6.07, 6.45) is 4.45. The van der Waals surface area contributed by atoms with Gasteiger partial charge in [-0.25, -0.2) is 4.98 Å². The zero-order valence-corrected chi connectivity index (χ0v) is 12.8. The predicted octanol–water partition coefficient (Wildman–Crippen LogP) is 3.99. The Bertz CT molecular complexity index is 772. The van der Waals surface area contributed by atoms with Crippen molar-refractivity contribution < 1.29 is 4.79 Å². The van der Waals surface area contributed by atoms with Crippen LogP contribution in [-0.4, -0.2) is 15.3 Å². The normalized spacial score (nSPS) is 11.0. The first-order valence-electron chi connectivity index (χ1n) is 7.46. The van der Waals surface area contributed by atoms with Gasteiger partial charge in [-0.1, -0.05) is 38.1 Å². The van der Waals surface area contributed by atoms with Crippen molar-refractivity contribution in [3.05, 3.63) is 54.9 Å². The Morgan fingerprint density at radius 2 is 1.95 bits per heavy atom. The second-order valence-electron chi connectivity index (χ2n) is 5.78. The summed E-state index contributed by atoms with van der Waals surface area (Å²) in [5.41, 5.74) is 3.48. The molecular weight excluding hydrogens is 274 g/mol. The topological polar surface area (TPSA) is 46.4 Å². The molecule has 22 heavy (non-hydrogen) atoms. The van der Waals surface area contributed by atoms with E-state index in [0.717, 1.165) is 22.6 Å². The number of nitrogens with zero attached hydrogens (tertiary/aromatic N) is 2. The number of fused-ring (bicyclic) bond motifs is 1. The van der Waals surface area contributed by atoms with Gasteiger partial charge in [0.15, 0.2) is 0 Å². The fourth-order valence-electron chi connectivity index (χ4n) is 2.45. The molecule has 0 aliphatic heterocycles. The van der Waals surface area contributed by atoms with Gasteiger partial charge in [-0.05, 0) is 24.1 Å². The van der Waals surface area contributed by atoms with Crippen molar-refractivity contribution in [3.8, 4) is 11.3 Å². The van der Waals surface area contributed by atoms with E-state index in [4.69, 9.17) is 0 Å². The molecule has 0 radical (unpaired) electrons. The summed E-state index contributed by atoms with van der Waals surface area (Å²) in [6, 6.07) is 13.7. The molecule has 112 valence electrons. The highest BCUT2D eigenvalue weighted by Gasteiger charge is 2.12. The van der Waals surface area contributed by atoms with E-state index in [9.17, 15) is 4.79 Å². The minimum Gasteiger partial charge on any atom is -0.325 e. The van der Waals surface area contributed by atoms with E-state index in [0.29, 0.717) is 12.3 Å². The number of aromatic nitrogens is 2. The van der Waals surface area contributed by atoms with Crippen molar-refractivity contribution in [2.75, 3.05) is 5.32 Å². The zero-order chi connectivity index (χ0) is 15.5. The average molecular weight is 293 g/mol. The quantitative estimate of drug-likeness (QED) is 0.790. The summed E-state index contributed by atoms with van der Waals surface area (Å²) in [5, 5.41) is 3.00. The fourth-order valence-corrected chi connectivity index (χ4v) is 2.45. The molecule has 4 heteroatoms. The van der Waals surface area contributed by atoms with Gasteiger partial charge in [-0.15, -0.1) is 0 Å². The second kappa shape index (κ2) is 6.02. The van der Waals surface area contributed by atoms with Crippen LogP contribution in [0.4, 0.5) is 5.69 Å². The van der Waals surface area contributed by atoms with Gasteiger partial charge < -0.3 is 9.72 Å². The van der Waals surface area contributed by atoms with E-state index < -0.39 is 0 Å². The monoisotopic (exact) mass is 293 g/mol. The number of para-hydroxylation sites is 1. The van der Waals surface area contributed by atoms with Crippen LogP contribution in [0.5, 0.6) is 0 Å². The molecule has 0 saturated heterocycles. The molecule has 0 atom stereocenters. The summed E-state index contributed by atoms with van der Waals surface area (Å²) >= 11 is 0. The van der Waals surface area contributed by atoms with Crippen molar-refractivity contribution in [2.45, 2.75) is 20.3 Å². The fraction of sp³-hybridized carbons (Fsp3) is 0.222. The van der Waals surface area contributed by atoms with E-state index >= 15 is 0 Å². The molecule has 0 fully saturated rings. The van der Waals surface area contributed by atoms with Gasteiger partial charge in [0, 0.05) is 24.4 Å². The van der Waals surface area contributed by atoms with Crippen molar-refractivity contribution >= 4 is 17.2 Å². The van der Waals surface area contributed by atoms with Gasteiger partial charge >= 0.3 is 0 Å². The van der Waals surface area contributed by atoms with Crippen molar-refractivity contribution in [3.63, 3.8) is 0 Å². The standard InChI is InChI=1S/C18H19N3O/c1-13(2)11-18(22)20-15-8-4-3-7-14(15)16-12-21-10-6-5-9-17(21)19-16/h3-10,12-13H,11H2,1-2H3,(H,20,22). The highest BCUT2D eigenvalue weighted by atomic mass is 16.1.